The van der Waals surface area contributed by atoms with Gasteiger partial charge in [-0.1, -0.05) is 17.7 Å². The first-order valence-corrected chi connectivity index (χ1v) is 6.77. The van der Waals surface area contributed by atoms with E-state index in [2.05, 4.69) is 20.3 Å². The Kier molecular flexibility index (Phi) is 3.91. The normalized spacial score (nSPS) is 10.4. The fourth-order valence-electron chi connectivity index (χ4n) is 1.90. The predicted molar refractivity (Wildman–Crippen MR) is 79.9 cm³/mol. The molecule has 0 unspecified atom stereocenters. The molecule has 0 saturated heterocycles. The Balaban J connectivity index is 1.68. The molecule has 0 bridgehead atoms. The van der Waals surface area contributed by atoms with Gasteiger partial charge in [0.2, 0.25) is 11.7 Å². The summed E-state index contributed by atoms with van der Waals surface area (Å²) >= 11 is 0. The van der Waals surface area contributed by atoms with Crippen LogP contribution in [0.3, 0.4) is 0 Å². The molecule has 6 heteroatoms. The SMILES string of the molecule is Cc1ccc(-c2ncc(C(=O)NCc3cncnc3)o2)cc1. The first-order chi connectivity index (χ1) is 10.7. The summed E-state index contributed by atoms with van der Waals surface area (Å²) in [4.78, 5) is 23.9. The minimum atomic E-state index is -0.324. The van der Waals surface area contributed by atoms with Crippen LogP contribution in [-0.4, -0.2) is 20.9 Å². The van der Waals surface area contributed by atoms with Crippen molar-refractivity contribution in [2.24, 2.45) is 0 Å². The molecule has 1 amide bonds. The fraction of sp³-hybridized carbons (Fsp3) is 0.125. The van der Waals surface area contributed by atoms with E-state index in [1.807, 2.05) is 31.2 Å². The Morgan fingerprint density at radius 3 is 2.59 bits per heavy atom. The van der Waals surface area contributed by atoms with Crippen molar-refractivity contribution in [1.29, 1.82) is 0 Å². The summed E-state index contributed by atoms with van der Waals surface area (Å²) in [5.74, 6) is 0.273. The molecule has 0 aliphatic heterocycles. The zero-order chi connectivity index (χ0) is 15.4. The number of benzene rings is 1. The van der Waals surface area contributed by atoms with Crippen molar-refractivity contribution in [2.45, 2.75) is 13.5 Å². The predicted octanol–water partition coefficient (Wildman–Crippen LogP) is 2.37. The third-order valence-corrected chi connectivity index (χ3v) is 3.10. The van der Waals surface area contributed by atoms with Gasteiger partial charge >= 0.3 is 0 Å². The second kappa shape index (κ2) is 6.17. The van der Waals surface area contributed by atoms with E-state index in [1.165, 1.54) is 12.5 Å². The van der Waals surface area contributed by atoms with Crippen molar-refractivity contribution < 1.29 is 9.21 Å². The van der Waals surface area contributed by atoms with Gasteiger partial charge in [0.05, 0.1) is 6.20 Å². The molecule has 0 radical (unpaired) electrons. The van der Waals surface area contributed by atoms with E-state index < -0.39 is 0 Å². The van der Waals surface area contributed by atoms with Crippen molar-refractivity contribution in [3.05, 3.63) is 66.1 Å². The molecule has 0 aliphatic carbocycles. The van der Waals surface area contributed by atoms with Crippen molar-refractivity contribution in [3.63, 3.8) is 0 Å². The van der Waals surface area contributed by atoms with E-state index in [4.69, 9.17) is 4.42 Å². The second-order valence-corrected chi connectivity index (χ2v) is 4.83. The molecule has 3 aromatic rings. The van der Waals surface area contributed by atoms with Crippen LogP contribution in [0.1, 0.15) is 21.7 Å². The molecule has 0 saturated carbocycles. The lowest BCUT2D eigenvalue weighted by Crippen LogP contribution is -2.22. The third-order valence-electron chi connectivity index (χ3n) is 3.10. The maximum absolute atomic E-state index is 12.0. The van der Waals surface area contributed by atoms with Crippen LogP contribution in [0, 0.1) is 6.92 Å². The number of nitrogens with one attached hydrogen (secondary N) is 1. The van der Waals surface area contributed by atoms with Gasteiger partial charge in [-0.2, -0.15) is 0 Å². The molecular weight excluding hydrogens is 280 g/mol. The van der Waals surface area contributed by atoms with Gasteiger partial charge in [-0.15, -0.1) is 0 Å². The Bertz CT molecular complexity index is 766. The molecule has 0 atom stereocenters. The average molecular weight is 294 g/mol. The Labute approximate surface area is 127 Å². The summed E-state index contributed by atoms with van der Waals surface area (Å²) in [7, 11) is 0. The third kappa shape index (κ3) is 3.17. The number of nitrogens with zero attached hydrogens (tertiary/aromatic N) is 3. The summed E-state index contributed by atoms with van der Waals surface area (Å²) < 4.78 is 5.51. The molecular formula is C16H14N4O2. The van der Waals surface area contributed by atoms with E-state index in [-0.39, 0.29) is 11.7 Å². The summed E-state index contributed by atoms with van der Waals surface area (Å²) in [5.41, 5.74) is 2.80. The van der Waals surface area contributed by atoms with Crippen LogP contribution in [0.15, 0.2) is 53.6 Å². The van der Waals surface area contributed by atoms with Crippen molar-refractivity contribution in [1.82, 2.24) is 20.3 Å². The highest BCUT2D eigenvalue weighted by molar-refractivity contribution is 5.91. The zero-order valence-corrected chi connectivity index (χ0v) is 12.0. The van der Waals surface area contributed by atoms with Gasteiger partial charge in [0, 0.05) is 30.1 Å². The Hall–Kier alpha value is -3.02. The van der Waals surface area contributed by atoms with E-state index in [0.717, 1.165) is 16.7 Å². The summed E-state index contributed by atoms with van der Waals surface area (Å²) in [6.07, 6.45) is 6.15. The molecule has 22 heavy (non-hydrogen) atoms. The molecule has 110 valence electrons. The van der Waals surface area contributed by atoms with Crippen LogP contribution < -0.4 is 5.32 Å². The maximum atomic E-state index is 12.0. The molecule has 1 N–H and O–H groups in total. The summed E-state index contributed by atoms with van der Waals surface area (Å²) in [6.45, 7) is 2.34. The van der Waals surface area contributed by atoms with Gasteiger partial charge in [0.25, 0.3) is 5.91 Å². The highest BCUT2D eigenvalue weighted by atomic mass is 16.4. The average Bonchev–Trinajstić information content (AvgIpc) is 3.04. The van der Waals surface area contributed by atoms with Crippen LogP contribution in [-0.2, 0) is 6.54 Å². The highest BCUT2D eigenvalue weighted by Crippen LogP contribution is 2.19. The first-order valence-electron chi connectivity index (χ1n) is 6.77. The number of oxazole rings is 1. The van der Waals surface area contributed by atoms with Crippen LogP contribution in [0.4, 0.5) is 0 Å². The Morgan fingerprint density at radius 1 is 1.14 bits per heavy atom. The quantitative estimate of drug-likeness (QED) is 0.799. The van der Waals surface area contributed by atoms with Crippen LogP contribution >= 0.6 is 0 Å². The lowest BCUT2D eigenvalue weighted by atomic mass is 10.1. The van der Waals surface area contributed by atoms with Crippen molar-refractivity contribution in [2.75, 3.05) is 0 Å². The topological polar surface area (TPSA) is 80.9 Å². The van der Waals surface area contributed by atoms with Crippen LogP contribution in [0.5, 0.6) is 0 Å². The van der Waals surface area contributed by atoms with E-state index in [9.17, 15) is 4.79 Å². The number of rotatable bonds is 4. The molecule has 2 aromatic heterocycles. The number of carbonyl (C=O) groups excluding carboxylic acids is 1. The molecule has 3 rings (SSSR count). The van der Waals surface area contributed by atoms with Gasteiger partial charge in [-0.3, -0.25) is 4.79 Å². The Morgan fingerprint density at radius 2 is 1.86 bits per heavy atom. The van der Waals surface area contributed by atoms with Crippen LogP contribution in [0.25, 0.3) is 11.5 Å². The van der Waals surface area contributed by atoms with Gasteiger partial charge in [-0.05, 0) is 19.1 Å². The van der Waals surface area contributed by atoms with Gasteiger partial charge < -0.3 is 9.73 Å². The van der Waals surface area contributed by atoms with Gasteiger partial charge in [0.1, 0.15) is 6.33 Å². The number of carbonyl (C=O) groups is 1. The summed E-state index contributed by atoms with van der Waals surface area (Å²) in [5, 5.41) is 2.74. The second-order valence-electron chi connectivity index (χ2n) is 4.83. The monoisotopic (exact) mass is 294 g/mol. The van der Waals surface area contributed by atoms with E-state index >= 15 is 0 Å². The minimum absolute atomic E-state index is 0.174. The molecule has 0 aliphatic rings. The summed E-state index contributed by atoms with van der Waals surface area (Å²) in [6, 6.07) is 7.75. The minimum Gasteiger partial charge on any atom is -0.431 e. The maximum Gasteiger partial charge on any atom is 0.288 e. The number of hydrogen-bond acceptors (Lipinski definition) is 5. The molecule has 0 fully saturated rings. The van der Waals surface area contributed by atoms with Crippen molar-refractivity contribution in [3.8, 4) is 11.5 Å². The lowest BCUT2D eigenvalue weighted by Gasteiger charge is -2.01. The van der Waals surface area contributed by atoms with Gasteiger partial charge in [-0.25, -0.2) is 15.0 Å². The van der Waals surface area contributed by atoms with Crippen molar-refractivity contribution >= 4 is 5.91 Å². The fourth-order valence-corrected chi connectivity index (χ4v) is 1.90. The first kappa shape index (κ1) is 13.9. The highest BCUT2D eigenvalue weighted by Gasteiger charge is 2.13. The number of aryl methyl sites for hydroxylation is 1. The van der Waals surface area contributed by atoms with E-state index in [0.29, 0.717) is 12.4 Å². The standard InChI is InChI=1S/C16H14N4O2/c1-11-2-4-13(5-3-11)16-20-9-14(22-16)15(21)19-8-12-6-17-10-18-7-12/h2-7,9-10H,8H2,1H3,(H,19,21). The number of amides is 1. The smallest absolute Gasteiger partial charge is 0.288 e. The molecule has 2 heterocycles. The molecule has 0 spiro atoms. The molecule has 6 nitrogen and oxygen atoms in total. The number of aromatic nitrogens is 3. The van der Waals surface area contributed by atoms with Gasteiger partial charge in [0.15, 0.2) is 0 Å². The van der Waals surface area contributed by atoms with Crippen LogP contribution in [0.2, 0.25) is 0 Å². The molecule has 1 aromatic carbocycles. The lowest BCUT2D eigenvalue weighted by molar-refractivity contribution is 0.0924. The zero-order valence-electron chi connectivity index (χ0n) is 12.0. The van der Waals surface area contributed by atoms with E-state index in [1.54, 1.807) is 12.4 Å². The number of hydrogen-bond donors (Lipinski definition) is 1. The largest absolute Gasteiger partial charge is 0.431 e.